The summed E-state index contributed by atoms with van der Waals surface area (Å²) >= 11 is 0. The molecular weight excluding hydrogens is 867 g/mol. The zero-order valence-corrected chi connectivity index (χ0v) is 37.9. The van der Waals surface area contributed by atoms with E-state index in [1.165, 1.54) is 36.7 Å². The molecule has 8 heterocycles. The summed E-state index contributed by atoms with van der Waals surface area (Å²) in [5.41, 5.74) is 7.80. The number of aromatic nitrogens is 10. The fourth-order valence-corrected chi connectivity index (χ4v) is 9.08. The molecule has 2 N–H and O–H groups in total. The summed E-state index contributed by atoms with van der Waals surface area (Å²) in [6.45, 7) is 8.58. The Balaban J connectivity index is 0.000000149. The first-order valence-electron chi connectivity index (χ1n) is 23.0. The molecule has 2 aromatic carbocycles. The van der Waals surface area contributed by atoms with E-state index in [1.54, 1.807) is 49.1 Å². The van der Waals surface area contributed by atoms with Gasteiger partial charge in [0.25, 0.3) is 11.8 Å². The SMILES string of the molecule is CC(C)n1ccnc1-c1cccc(NC(=O)c2cc3c(cc2F)CCc2c(C4CC4)ncn2-3)n1.CC(C)n1ccnc1-c1cccc(NC(=O)c2cc3c(cc2F)OCc2c(C4CC4)ncn2-3)n1. The van der Waals surface area contributed by atoms with Gasteiger partial charge >= 0.3 is 0 Å². The van der Waals surface area contributed by atoms with Gasteiger partial charge in [-0.05, 0) is 114 Å². The van der Waals surface area contributed by atoms with Gasteiger partial charge in [0.15, 0.2) is 11.6 Å². The third-order valence-corrected chi connectivity index (χ3v) is 12.8. The highest BCUT2D eigenvalue weighted by atomic mass is 19.1. The Morgan fingerprint density at radius 1 is 0.647 bits per heavy atom. The third-order valence-electron chi connectivity index (χ3n) is 12.8. The summed E-state index contributed by atoms with van der Waals surface area (Å²) in [6.07, 6.45) is 16.9. The van der Waals surface area contributed by atoms with E-state index in [0.717, 1.165) is 54.0 Å². The number of nitrogens with one attached hydrogen (secondary N) is 2. The zero-order valence-electron chi connectivity index (χ0n) is 37.9. The van der Waals surface area contributed by atoms with E-state index in [4.69, 9.17) is 4.74 Å². The lowest BCUT2D eigenvalue weighted by atomic mass is 9.97. The summed E-state index contributed by atoms with van der Waals surface area (Å²) in [6, 6.07) is 16.9. The van der Waals surface area contributed by atoms with Crippen LogP contribution in [0.3, 0.4) is 0 Å². The van der Waals surface area contributed by atoms with Crippen LogP contribution in [0.2, 0.25) is 0 Å². The Bertz CT molecular complexity index is 3050. The fraction of sp³-hybridized carbons (Fsp3) is 0.294. The number of hydrogen-bond acceptors (Lipinski definition) is 9. The number of fused-ring (bicyclic) bond motifs is 6. The second kappa shape index (κ2) is 17.1. The summed E-state index contributed by atoms with van der Waals surface area (Å²) in [5, 5.41) is 5.48. The number of benzene rings is 2. The topological polar surface area (TPSA) is 164 Å². The largest absolute Gasteiger partial charge is 0.485 e. The highest BCUT2D eigenvalue weighted by Crippen LogP contribution is 2.44. The molecular formula is C51H48F2N12O3. The minimum Gasteiger partial charge on any atom is -0.485 e. The molecule has 0 unspecified atom stereocenters. The molecule has 15 nitrogen and oxygen atoms in total. The average molecular weight is 915 g/mol. The van der Waals surface area contributed by atoms with Crippen molar-refractivity contribution in [3.8, 4) is 40.2 Å². The number of rotatable bonds is 10. The van der Waals surface area contributed by atoms with Gasteiger partial charge in [-0.1, -0.05) is 12.1 Å². The first-order chi connectivity index (χ1) is 33.0. The fourth-order valence-electron chi connectivity index (χ4n) is 9.08. The second-order valence-electron chi connectivity index (χ2n) is 18.2. The molecule has 344 valence electrons. The summed E-state index contributed by atoms with van der Waals surface area (Å²) in [7, 11) is 0. The van der Waals surface area contributed by atoms with Crippen molar-refractivity contribution in [2.75, 3.05) is 10.6 Å². The van der Waals surface area contributed by atoms with E-state index in [9.17, 15) is 18.4 Å². The molecule has 0 bridgehead atoms. The molecule has 0 saturated heterocycles. The number of nitrogens with zero attached hydrogens (tertiary/aromatic N) is 10. The predicted octanol–water partition coefficient (Wildman–Crippen LogP) is 9.95. The number of hydrogen-bond donors (Lipinski definition) is 2. The van der Waals surface area contributed by atoms with Crippen LogP contribution < -0.4 is 15.4 Å². The van der Waals surface area contributed by atoms with E-state index in [-0.39, 0.29) is 23.2 Å². The van der Waals surface area contributed by atoms with E-state index < -0.39 is 23.4 Å². The number of carbonyl (C=O) groups is 2. The van der Waals surface area contributed by atoms with Gasteiger partial charge in [-0.3, -0.25) is 14.2 Å². The number of ether oxygens (including phenoxy) is 1. The number of imidazole rings is 4. The van der Waals surface area contributed by atoms with Crippen LogP contribution in [0.5, 0.6) is 5.75 Å². The lowest BCUT2D eigenvalue weighted by Gasteiger charge is -2.21. The number of aryl methyl sites for hydroxylation is 1. The third kappa shape index (κ3) is 8.00. The molecule has 2 amide bonds. The van der Waals surface area contributed by atoms with Crippen LogP contribution in [-0.2, 0) is 19.4 Å². The maximum Gasteiger partial charge on any atom is 0.259 e. The first kappa shape index (κ1) is 42.8. The quantitative estimate of drug-likeness (QED) is 0.136. The molecule has 2 saturated carbocycles. The summed E-state index contributed by atoms with van der Waals surface area (Å²) < 4.78 is 43.6. The molecule has 0 atom stereocenters. The van der Waals surface area contributed by atoms with Crippen LogP contribution >= 0.6 is 0 Å². The molecule has 17 heteroatoms. The number of halogens is 2. The monoisotopic (exact) mass is 914 g/mol. The first-order valence-corrected chi connectivity index (χ1v) is 23.0. The van der Waals surface area contributed by atoms with Gasteiger partial charge in [-0.25, -0.2) is 38.7 Å². The number of anilines is 2. The Kier molecular flexibility index (Phi) is 10.8. The van der Waals surface area contributed by atoms with Crippen LogP contribution in [0.25, 0.3) is 34.4 Å². The van der Waals surface area contributed by atoms with Gasteiger partial charge in [0.2, 0.25) is 0 Å². The molecule has 0 radical (unpaired) electrons. The Morgan fingerprint density at radius 2 is 1.16 bits per heavy atom. The zero-order chi connectivity index (χ0) is 46.8. The van der Waals surface area contributed by atoms with Crippen molar-refractivity contribution in [3.63, 3.8) is 0 Å². The van der Waals surface area contributed by atoms with Gasteiger partial charge in [-0.2, -0.15) is 0 Å². The smallest absolute Gasteiger partial charge is 0.259 e. The molecule has 2 fully saturated rings. The molecule has 8 aromatic rings. The summed E-state index contributed by atoms with van der Waals surface area (Å²) in [5.74, 6) is 1.15. The van der Waals surface area contributed by atoms with Crippen LogP contribution in [0, 0.1) is 11.6 Å². The maximum atomic E-state index is 15.0. The lowest BCUT2D eigenvalue weighted by molar-refractivity contribution is 0.101. The standard InChI is InChI=1S/C26H25FN6O.C25H23FN6O2/c1-15(2)32-11-10-28-25(32)20-4-3-5-23(30-20)31-26(34)18-13-22-17(12-19(18)27)8-9-21-24(16-6-7-16)29-14-33(21)22;1-14(2)31-9-8-27-24(31)18-4-3-5-22(29-18)30-25(33)16-10-19-21(11-17(16)26)34-12-20-23(15-6-7-15)28-13-32(19)20/h3-5,10-16H,6-9H2,1-2H3,(H,30,31,34);3-5,8-11,13-15H,6-7,12H2,1-2H3,(H,29,30,33). The van der Waals surface area contributed by atoms with Gasteiger partial charge in [0, 0.05) is 60.5 Å². The lowest BCUT2D eigenvalue weighted by Crippen LogP contribution is -2.18. The van der Waals surface area contributed by atoms with Crippen LogP contribution in [0.4, 0.5) is 20.4 Å². The number of amides is 2. The van der Waals surface area contributed by atoms with Crippen molar-refractivity contribution >= 4 is 23.5 Å². The van der Waals surface area contributed by atoms with E-state index in [2.05, 4.69) is 68.2 Å². The molecule has 0 spiro atoms. The molecule has 4 aliphatic rings. The average Bonchev–Trinajstić information content (AvgIpc) is 4.09. The van der Waals surface area contributed by atoms with Crippen molar-refractivity contribution in [3.05, 3.63) is 149 Å². The van der Waals surface area contributed by atoms with E-state index in [0.29, 0.717) is 64.6 Å². The van der Waals surface area contributed by atoms with Crippen LogP contribution in [0.15, 0.2) is 98.1 Å². The van der Waals surface area contributed by atoms with E-state index >= 15 is 0 Å². The number of pyridine rings is 2. The minimum atomic E-state index is -0.659. The highest BCUT2D eigenvalue weighted by molar-refractivity contribution is 6.05. The van der Waals surface area contributed by atoms with Crippen LogP contribution in [0.1, 0.15) is 126 Å². The van der Waals surface area contributed by atoms with E-state index in [1.807, 2.05) is 49.1 Å². The number of carbonyl (C=O) groups excluding carboxylic acids is 2. The van der Waals surface area contributed by atoms with Crippen molar-refractivity contribution in [2.45, 2.75) is 96.7 Å². The summed E-state index contributed by atoms with van der Waals surface area (Å²) in [4.78, 5) is 53.2. The molecule has 68 heavy (non-hydrogen) atoms. The minimum absolute atomic E-state index is 0.0100. The van der Waals surface area contributed by atoms with Crippen LogP contribution in [-0.4, -0.2) is 60.0 Å². The highest BCUT2D eigenvalue weighted by Gasteiger charge is 2.34. The Hall–Kier alpha value is -7.82. The van der Waals surface area contributed by atoms with Crippen molar-refractivity contribution in [1.82, 2.24) is 48.2 Å². The van der Waals surface area contributed by atoms with Gasteiger partial charge in [0.05, 0.1) is 52.2 Å². The van der Waals surface area contributed by atoms with Crippen molar-refractivity contribution < 1.29 is 23.1 Å². The van der Waals surface area contributed by atoms with Gasteiger partial charge in [0.1, 0.15) is 47.0 Å². The maximum absolute atomic E-state index is 15.0. The molecule has 6 aromatic heterocycles. The molecule has 2 aliphatic heterocycles. The molecule has 12 rings (SSSR count). The Morgan fingerprint density at radius 3 is 1.71 bits per heavy atom. The van der Waals surface area contributed by atoms with Crippen molar-refractivity contribution in [2.24, 2.45) is 0 Å². The Labute approximate surface area is 390 Å². The van der Waals surface area contributed by atoms with Gasteiger partial charge < -0.3 is 29.1 Å². The molecule has 2 aliphatic carbocycles. The normalized spacial score (nSPS) is 14.6. The predicted molar refractivity (Wildman–Crippen MR) is 250 cm³/mol. The van der Waals surface area contributed by atoms with Crippen molar-refractivity contribution in [1.29, 1.82) is 0 Å². The van der Waals surface area contributed by atoms with Gasteiger partial charge in [-0.15, -0.1) is 0 Å². The second-order valence-corrected chi connectivity index (χ2v) is 18.2.